The summed E-state index contributed by atoms with van der Waals surface area (Å²) in [4.78, 5) is 4.51. The highest BCUT2D eigenvalue weighted by atomic mass is 79.9. The Balaban J connectivity index is 2.58. The zero-order valence-electron chi connectivity index (χ0n) is 12.0. The van der Waals surface area contributed by atoms with E-state index in [0.29, 0.717) is 15.9 Å². The number of hydrogen-bond donors (Lipinski definition) is 0. The molecular weight excluding hydrogens is 343 g/mol. The first-order valence-corrected chi connectivity index (χ1v) is 8.20. The predicted octanol–water partition coefficient (Wildman–Crippen LogP) is 5.67. The van der Waals surface area contributed by atoms with Crippen molar-refractivity contribution < 1.29 is 4.39 Å². The highest BCUT2D eigenvalue weighted by Crippen LogP contribution is 2.29. The second kappa shape index (κ2) is 6.44. The number of nitrogens with zero attached hydrogens (tertiary/aromatic N) is 2. The second-order valence-corrected chi connectivity index (χ2v) is 6.64. The van der Waals surface area contributed by atoms with Gasteiger partial charge in [0, 0.05) is 12.6 Å². The van der Waals surface area contributed by atoms with E-state index >= 15 is 0 Å². The molecule has 0 bridgehead atoms. The number of rotatable bonds is 5. The number of benzene rings is 1. The highest BCUT2D eigenvalue weighted by Gasteiger charge is 2.18. The molecule has 0 aliphatic rings. The number of fused-ring (bicyclic) bond motifs is 1. The van der Waals surface area contributed by atoms with Gasteiger partial charge in [-0.05, 0) is 34.8 Å². The molecule has 1 unspecified atom stereocenters. The molecule has 0 N–H and O–H groups in total. The Morgan fingerprint density at radius 2 is 2.00 bits per heavy atom. The number of imidazole rings is 1. The Kier molecular flexibility index (Phi) is 5.08. The summed E-state index contributed by atoms with van der Waals surface area (Å²) in [7, 11) is 0. The molecule has 0 amide bonds. The van der Waals surface area contributed by atoms with Gasteiger partial charge in [-0.3, -0.25) is 0 Å². The summed E-state index contributed by atoms with van der Waals surface area (Å²) in [5.41, 5.74) is 1.60. The van der Waals surface area contributed by atoms with Crippen molar-refractivity contribution in [1.82, 2.24) is 9.55 Å². The van der Waals surface area contributed by atoms with Crippen molar-refractivity contribution in [2.45, 2.75) is 45.5 Å². The summed E-state index contributed by atoms with van der Waals surface area (Å²) in [6, 6.07) is 3.26. The van der Waals surface area contributed by atoms with Gasteiger partial charge in [0.15, 0.2) is 0 Å². The topological polar surface area (TPSA) is 17.8 Å². The lowest BCUT2D eigenvalue weighted by Gasteiger charge is -2.17. The summed E-state index contributed by atoms with van der Waals surface area (Å²) in [6.45, 7) is 7.14. The fourth-order valence-electron chi connectivity index (χ4n) is 2.44. The van der Waals surface area contributed by atoms with E-state index in [1.54, 1.807) is 6.07 Å². The Bertz CT molecular complexity index is 605. The Hall–Kier alpha value is -0.610. The van der Waals surface area contributed by atoms with Gasteiger partial charge in [0.05, 0.1) is 20.9 Å². The standard InChI is InChI=1S/C15H19BrClFN2/c1-4-10(5-2)8-20-14-6-11(16)12(18)7-13(14)19-15(20)9(3)17/h6-7,9-10H,4-5,8H2,1-3H3. The lowest BCUT2D eigenvalue weighted by molar-refractivity contribution is 0.416. The Morgan fingerprint density at radius 3 is 2.55 bits per heavy atom. The molecule has 0 aliphatic heterocycles. The van der Waals surface area contributed by atoms with Gasteiger partial charge in [-0.1, -0.05) is 26.7 Å². The molecule has 2 rings (SSSR count). The van der Waals surface area contributed by atoms with Crippen LogP contribution < -0.4 is 0 Å². The van der Waals surface area contributed by atoms with Gasteiger partial charge in [0.1, 0.15) is 11.6 Å². The second-order valence-electron chi connectivity index (χ2n) is 5.13. The smallest absolute Gasteiger partial charge is 0.139 e. The van der Waals surface area contributed by atoms with Gasteiger partial charge in [-0.15, -0.1) is 11.6 Å². The van der Waals surface area contributed by atoms with Crippen LogP contribution in [0.25, 0.3) is 11.0 Å². The fraction of sp³-hybridized carbons (Fsp3) is 0.533. The van der Waals surface area contributed by atoms with Crippen LogP contribution in [0.15, 0.2) is 16.6 Å². The monoisotopic (exact) mass is 360 g/mol. The van der Waals surface area contributed by atoms with Gasteiger partial charge in [0.25, 0.3) is 0 Å². The number of hydrogen-bond acceptors (Lipinski definition) is 1. The van der Waals surface area contributed by atoms with E-state index in [0.717, 1.165) is 30.7 Å². The maximum absolute atomic E-state index is 13.7. The van der Waals surface area contributed by atoms with E-state index in [9.17, 15) is 4.39 Å². The van der Waals surface area contributed by atoms with Gasteiger partial charge in [-0.25, -0.2) is 9.37 Å². The van der Waals surface area contributed by atoms with E-state index in [4.69, 9.17) is 11.6 Å². The molecule has 0 saturated carbocycles. The maximum atomic E-state index is 13.7. The first-order valence-electron chi connectivity index (χ1n) is 6.97. The van der Waals surface area contributed by atoms with Crippen molar-refractivity contribution in [2.24, 2.45) is 5.92 Å². The lowest BCUT2D eigenvalue weighted by Crippen LogP contribution is -2.12. The van der Waals surface area contributed by atoms with Crippen LogP contribution in [-0.4, -0.2) is 9.55 Å². The highest BCUT2D eigenvalue weighted by molar-refractivity contribution is 9.10. The summed E-state index contributed by atoms with van der Waals surface area (Å²) in [6.07, 6.45) is 2.21. The maximum Gasteiger partial charge on any atom is 0.139 e. The molecule has 2 nitrogen and oxygen atoms in total. The third kappa shape index (κ3) is 3.01. The first-order chi connectivity index (χ1) is 9.47. The van der Waals surface area contributed by atoms with E-state index in [2.05, 4.69) is 39.3 Å². The fourth-order valence-corrected chi connectivity index (χ4v) is 2.94. The summed E-state index contributed by atoms with van der Waals surface area (Å²) < 4.78 is 16.3. The molecule has 1 aromatic carbocycles. The Labute approximate surface area is 132 Å². The molecule has 0 radical (unpaired) electrons. The van der Waals surface area contributed by atoms with Crippen LogP contribution in [0.5, 0.6) is 0 Å². The van der Waals surface area contributed by atoms with Crippen molar-refractivity contribution in [3.8, 4) is 0 Å². The van der Waals surface area contributed by atoms with Crippen LogP contribution in [0.1, 0.15) is 44.8 Å². The summed E-state index contributed by atoms with van der Waals surface area (Å²) >= 11 is 9.49. The summed E-state index contributed by atoms with van der Waals surface area (Å²) in [5, 5.41) is -0.196. The van der Waals surface area contributed by atoms with Crippen LogP contribution in [0.3, 0.4) is 0 Å². The third-order valence-electron chi connectivity index (χ3n) is 3.77. The Morgan fingerprint density at radius 1 is 1.35 bits per heavy atom. The molecule has 0 fully saturated rings. The first kappa shape index (κ1) is 15.8. The molecule has 0 saturated heterocycles. The van der Waals surface area contributed by atoms with Crippen LogP contribution in [0.4, 0.5) is 4.39 Å². The molecule has 2 aromatic rings. The van der Waals surface area contributed by atoms with Crippen molar-refractivity contribution in [2.75, 3.05) is 0 Å². The lowest BCUT2D eigenvalue weighted by atomic mass is 10.0. The SMILES string of the molecule is CCC(CC)Cn1c(C(C)Cl)nc2cc(F)c(Br)cc21. The molecule has 110 valence electrons. The minimum atomic E-state index is -0.293. The number of halogens is 3. The number of alkyl halides is 1. The van der Waals surface area contributed by atoms with Crippen LogP contribution >= 0.6 is 27.5 Å². The van der Waals surface area contributed by atoms with Crippen molar-refractivity contribution >= 4 is 38.6 Å². The van der Waals surface area contributed by atoms with Crippen molar-refractivity contribution in [3.63, 3.8) is 0 Å². The normalized spacial score (nSPS) is 13.3. The molecule has 1 aromatic heterocycles. The number of aromatic nitrogens is 2. The minimum absolute atomic E-state index is 0.196. The zero-order valence-corrected chi connectivity index (χ0v) is 14.3. The molecule has 5 heteroatoms. The third-order valence-corrected chi connectivity index (χ3v) is 4.57. The zero-order chi connectivity index (χ0) is 14.9. The quantitative estimate of drug-likeness (QED) is 0.627. The van der Waals surface area contributed by atoms with Gasteiger partial charge in [-0.2, -0.15) is 0 Å². The minimum Gasteiger partial charge on any atom is -0.326 e. The van der Waals surface area contributed by atoms with Crippen LogP contribution in [0, 0.1) is 11.7 Å². The van der Waals surface area contributed by atoms with E-state index in [1.165, 1.54) is 6.07 Å². The van der Waals surface area contributed by atoms with Crippen LogP contribution in [0.2, 0.25) is 0 Å². The molecule has 1 heterocycles. The van der Waals surface area contributed by atoms with Crippen molar-refractivity contribution in [3.05, 3.63) is 28.2 Å². The average Bonchev–Trinajstić information content (AvgIpc) is 2.74. The van der Waals surface area contributed by atoms with E-state index < -0.39 is 0 Å². The molecule has 0 spiro atoms. The molecule has 20 heavy (non-hydrogen) atoms. The van der Waals surface area contributed by atoms with Gasteiger partial charge in [0.2, 0.25) is 0 Å². The van der Waals surface area contributed by atoms with Crippen molar-refractivity contribution in [1.29, 1.82) is 0 Å². The van der Waals surface area contributed by atoms with E-state index in [1.807, 2.05) is 6.92 Å². The average molecular weight is 362 g/mol. The predicted molar refractivity (Wildman–Crippen MR) is 85.7 cm³/mol. The molecule has 0 aliphatic carbocycles. The van der Waals surface area contributed by atoms with Gasteiger partial charge >= 0.3 is 0 Å². The summed E-state index contributed by atoms with van der Waals surface area (Å²) in [5.74, 6) is 1.09. The van der Waals surface area contributed by atoms with Gasteiger partial charge < -0.3 is 4.57 Å². The molecular formula is C15H19BrClFN2. The van der Waals surface area contributed by atoms with Crippen LogP contribution in [-0.2, 0) is 6.54 Å². The van der Waals surface area contributed by atoms with E-state index in [-0.39, 0.29) is 11.2 Å². The molecule has 1 atom stereocenters. The largest absolute Gasteiger partial charge is 0.326 e.